The maximum absolute atomic E-state index is 13.0. The molecule has 1 saturated carbocycles. The molecule has 9 heteroatoms. The lowest BCUT2D eigenvalue weighted by Crippen LogP contribution is -2.50. The molecular formula is C19H28N8O. The van der Waals surface area contributed by atoms with Crippen LogP contribution in [-0.2, 0) is 5.54 Å². The molecule has 2 aromatic rings. The van der Waals surface area contributed by atoms with Crippen LogP contribution in [0.25, 0.3) is 0 Å². The van der Waals surface area contributed by atoms with Gasteiger partial charge in [0.25, 0.3) is 5.91 Å². The summed E-state index contributed by atoms with van der Waals surface area (Å²) >= 11 is 0. The molecule has 9 nitrogen and oxygen atoms in total. The second kappa shape index (κ2) is 7.90. The highest BCUT2D eigenvalue weighted by Gasteiger charge is 2.49. The Balaban J connectivity index is 1.68. The molecule has 1 saturated heterocycles. The van der Waals surface area contributed by atoms with Crippen molar-refractivity contribution in [2.75, 3.05) is 26.2 Å². The lowest BCUT2D eigenvalue weighted by molar-refractivity contribution is 0.0656. The monoisotopic (exact) mass is 384 g/mol. The van der Waals surface area contributed by atoms with Gasteiger partial charge in [-0.15, -0.1) is 5.10 Å². The van der Waals surface area contributed by atoms with Gasteiger partial charge in [0.2, 0.25) is 0 Å². The van der Waals surface area contributed by atoms with Crippen molar-refractivity contribution in [1.82, 2.24) is 40.0 Å². The second-order valence-electron chi connectivity index (χ2n) is 7.66. The predicted molar refractivity (Wildman–Crippen MR) is 102 cm³/mol. The average molecular weight is 384 g/mol. The fourth-order valence-electron chi connectivity index (χ4n) is 4.85. The van der Waals surface area contributed by atoms with Crippen LogP contribution in [0.5, 0.6) is 0 Å². The zero-order chi connectivity index (χ0) is 19.6. The fraction of sp³-hybridized carbons (Fsp3) is 0.684. The summed E-state index contributed by atoms with van der Waals surface area (Å²) in [7, 11) is 0. The molecule has 2 aromatic heterocycles. The number of likely N-dealkylation sites (N-methyl/N-ethyl adjacent to an activating group) is 1. The van der Waals surface area contributed by atoms with Gasteiger partial charge in [-0.2, -0.15) is 0 Å². The van der Waals surface area contributed by atoms with Crippen molar-refractivity contribution in [3.8, 4) is 0 Å². The van der Waals surface area contributed by atoms with Crippen LogP contribution in [0.2, 0.25) is 0 Å². The average Bonchev–Trinajstić information content (AvgIpc) is 3.48. The van der Waals surface area contributed by atoms with Crippen LogP contribution >= 0.6 is 0 Å². The third-order valence-corrected chi connectivity index (χ3v) is 6.28. The molecule has 2 aliphatic rings. The topological polar surface area (TPSA) is 92.9 Å². The first-order valence-corrected chi connectivity index (χ1v) is 10.3. The summed E-state index contributed by atoms with van der Waals surface area (Å²) in [4.78, 5) is 25.3. The number of hydrogen-bond donors (Lipinski definition) is 0. The Morgan fingerprint density at radius 3 is 2.75 bits per heavy atom. The Labute approximate surface area is 165 Å². The number of hydrogen-bond acceptors (Lipinski definition) is 7. The minimum Gasteiger partial charge on any atom is -0.335 e. The third-order valence-electron chi connectivity index (χ3n) is 6.28. The van der Waals surface area contributed by atoms with Gasteiger partial charge >= 0.3 is 0 Å². The largest absolute Gasteiger partial charge is 0.335 e. The number of likely N-dealkylation sites (tertiary alicyclic amines) is 1. The molecule has 0 bridgehead atoms. The van der Waals surface area contributed by atoms with Crippen molar-refractivity contribution in [2.24, 2.45) is 0 Å². The van der Waals surface area contributed by atoms with Crippen LogP contribution < -0.4 is 0 Å². The highest BCUT2D eigenvalue weighted by atomic mass is 16.2. The van der Waals surface area contributed by atoms with Gasteiger partial charge in [-0.3, -0.25) is 9.69 Å². The summed E-state index contributed by atoms with van der Waals surface area (Å²) < 4.78 is 2.05. The molecule has 1 amide bonds. The van der Waals surface area contributed by atoms with Gasteiger partial charge in [0.1, 0.15) is 17.6 Å². The Morgan fingerprint density at radius 2 is 2.07 bits per heavy atom. The minimum absolute atomic E-state index is 0.0590. The van der Waals surface area contributed by atoms with Crippen LogP contribution in [0, 0.1) is 0 Å². The van der Waals surface area contributed by atoms with Crippen LogP contribution in [0.15, 0.2) is 18.6 Å². The lowest BCUT2D eigenvalue weighted by Gasteiger charge is -2.39. The number of nitrogens with zero attached hydrogens (tertiary/aromatic N) is 8. The summed E-state index contributed by atoms with van der Waals surface area (Å²) in [6, 6.07) is 2.03. The quantitative estimate of drug-likeness (QED) is 0.748. The molecule has 0 aromatic carbocycles. The molecule has 4 rings (SSSR count). The molecule has 0 spiro atoms. The van der Waals surface area contributed by atoms with E-state index in [4.69, 9.17) is 0 Å². The number of tetrazole rings is 1. The molecule has 1 aliphatic carbocycles. The Kier molecular flexibility index (Phi) is 5.34. The molecule has 3 heterocycles. The van der Waals surface area contributed by atoms with Gasteiger partial charge < -0.3 is 4.90 Å². The third kappa shape index (κ3) is 3.17. The van der Waals surface area contributed by atoms with Gasteiger partial charge in [-0.05, 0) is 48.8 Å². The van der Waals surface area contributed by atoms with Gasteiger partial charge in [-0.25, -0.2) is 14.6 Å². The molecule has 150 valence electrons. The Hall–Kier alpha value is -2.42. The normalized spacial score (nSPS) is 23.0. The first kappa shape index (κ1) is 18.9. The Bertz CT molecular complexity index is 799. The molecular weight excluding hydrogens is 356 g/mol. The number of rotatable bonds is 6. The van der Waals surface area contributed by atoms with Gasteiger partial charge in [0.15, 0.2) is 5.82 Å². The summed E-state index contributed by atoms with van der Waals surface area (Å²) in [6.45, 7) is 7.31. The summed E-state index contributed by atoms with van der Waals surface area (Å²) in [6.07, 6.45) is 8.53. The first-order chi connectivity index (χ1) is 13.7. The smallest absolute Gasteiger partial charge is 0.272 e. The highest BCUT2D eigenvalue weighted by Crippen LogP contribution is 2.40. The molecule has 0 radical (unpaired) electrons. The zero-order valence-electron chi connectivity index (χ0n) is 16.7. The van der Waals surface area contributed by atoms with E-state index in [-0.39, 0.29) is 11.4 Å². The number of carbonyl (C=O) groups excluding carboxylic acids is 1. The minimum atomic E-state index is -0.363. The molecule has 1 unspecified atom stereocenters. The number of aromatic nitrogens is 6. The maximum atomic E-state index is 13.0. The van der Waals surface area contributed by atoms with E-state index in [0.717, 1.165) is 38.2 Å². The van der Waals surface area contributed by atoms with Crippen LogP contribution in [-0.4, -0.2) is 72.1 Å². The molecule has 1 aliphatic heterocycles. The van der Waals surface area contributed by atoms with Gasteiger partial charge in [-0.1, -0.05) is 26.7 Å². The van der Waals surface area contributed by atoms with E-state index in [2.05, 4.69) is 44.2 Å². The number of amides is 1. The SMILES string of the molecule is CCN(CC)C1(c2nnnn2C2CCCC2)CCN(C(=O)c2ccncn2)C1. The van der Waals surface area contributed by atoms with Crippen LogP contribution in [0.3, 0.4) is 0 Å². The van der Waals surface area contributed by atoms with Crippen molar-refractivity contribution < 1.29 is 4.79 Å². The second-order valence-corrected chi connectivity index (χ2v) is 7.66. The Morgan fingerprint density at radius 1 is 1.29 bits per heavy atom. The molecule has 0 N–H and O–H groups in total. The summed E-state index contributed by atoms with van der Waals surface area (Å²) in [5, 5.41) is 12.9. The first-order valence-electron chi connectivity index (χ1n) is 10.3. The van der Waals surface area contributed by atoms with Gasteiger partial charge in [0.05, 0.1) is 6.04 Å². The van der Waals surface area contributed by atoms with Crippen LogP contribution in [0.4, 0.5) is 0 Å². The molecule has 1 atom stereocenters. The standard InChI is InChI=1S/C19H28N8O/c1-3-26(4-2)19(18-22-23-24-27(18)15-7-5-6-8-15)10-12-25(13-19)17(28)16-9-11-20-14-21-16/h9,11,14-15H,3-8,10,12-13H2,1-2H3. The van der Waals surface area contributed by atoms with E-state index in [1.807, 2.05) is 9.58 Å². The van der Waals surface area contributed by atoms with E-state index >= 15 is 0 Å². The van der Waals surface area contributed by atoms with E-state index in [9.17, 15) is 4.79 Å². The van der Waals surface area contributed by atoms with Crippen molar-refractivity contribution in [3.05, 3.63) is 30.1 Å². The van der Waals surface area contributed by atoms with Crippen molar-refractivity contribution in [1.29, 1.82) is 0 Å². The van der Waals surface area contributed by atoms with E-state index in [1.165, 1.54) is 19.2 Å². The van der Waals surface area contributed by atoms with Crippen molar-refractivity contribution in [3.63, 3.8) is 0 Å². The summed E-state index contributed by atoms with van der Waals surface area (Å²) in [5.74, 6) is 0.845. The van der Waals surface area contributed by atoms with E-state index < -0.39 is 0 Å². The van der Waals surface area contributed by atoms with Gasteiger partial charge in [0, 0.05) is 19.3 Å². The molecule has 2 fully saturated rings. The highest BCUT2D eigenvalue weighted by molar-refractivity contribution is 5.92. The lowest BCUT2D eigenvalue weighted by atomic mass is 9.94. The van der Waals surface area contributed by atoms with Crippen molar-refractivity contribution in [2.45, 2.75) is 57.5 Å². The fourth-order valence-corrected chi connectivity index (χ4v) is 4.85. The van der Waals surface area contributed by atoms with E-state index in [0.29, 0.717) is 24.8 Å². The van der Waals surface area contributed by atoms with E-state index in [1.54, 1.807) is 12.3 Å². The zero-order valence-corrected chi connectivity index (χ0v) is 16.7. The molecule has 28 heavy (non-hydrogen) atoms. The summed E-state index contributed by atoms with van der Waals surface area (Å²) in [5.41, 5.74) is 0.0684. The number of carbonyl (C=O) groups is 1. The maximum Gasteiger partial charge on any atom is 0.272 e. The van der Waals surface area contributed by atoms with Crippen LogP contribution in [0.1, 0.15) is 68.3 Å². The van der Waals surface area contributed by atoms with Crippen molar-refractivity contribution >= 4 is 5.91 Å². The predicted octanol–water partition coefficient (Wildman–Crippen LogP) is 1.66.